The summed E-state index contributed by atoms with van der Waals surface area (Å²) in [5.74, 6) is -0.312. The lowest BCUT2D eigenvalue weighted by molar-refractivity contribution is -0.137. The number of carbonyl (C=O) groups is 1. The topological polar surface area (TPSA) is 26.3 Å². The highest BCUT2D eigenvalue weighted by atomic mass is 16.5. The molecule has 102 valence electrons. The molecule has 0 radical (unpaired) electrons. The number of hydrogen-bond acceptors (Lipinski definition) is 2. The molecule has 2 aromatic carbocycles. The Kier molecular flexibility index (Phi) is 4.72. The molecule has 0 atom stereocenters. The van der Waals surface area contributed by atoms with Gasteiger partial charge in [0.15, 0.2) is 0 Å². The zero-order valence-electron chi connectivity index (χ0n) is 11.8. The molecule has 0 unspecified atom stereocenters. The second-order valence-corrected chi connectivity index (χ2v) is 4.58. The van der Waals surface area contributed by atoms with Crippen LogP contribution >= 0.6 is 0 Å². The number of esters is 1. The Labute approximate surface area is 119 Å². The van der Waals surface area contributed by atoms with E-state index in [1.165, 1.54) is 17.2 Å². The molecule has 0 saturated carbocycles. The molecular formula is C18H18O2. The molecule has 0 saturated heterocycles. The molecule has 0 aliphatic heterocycles. The van der Waals surface area contributed by atoms with Crippen LogP contribution in [0.2, 0.25) is 0 Å². The van der Waals surface area contributed by atoms with E-state index in [0.717, 1.165) is 11.1 Å². The molecule has 2 heteroatoms. The third-order valence-corrected chi connectivity index (χ3v) is 2.97. The van der Waals surface area contributed by atoms with Crippen LogP contribution in [0.3, 0.4) is 0 Å². The van der Waals surface area contributed by atoms with Gasteiger partial charge >= 0.3 is 5.97 Å². The van der Waals surface area contributed by atoms with Crippen molar-refractivity contribution in [3.8, 4) is 11.1 Å². The molecule has 0 bridgehead atoms. The van der Waals surface area contributed by atoms with E-state index in [1.54, 1.807) is 13.0 Å². The van der Waals surface area contributed by atoms with Gasteiger partial charge in [-0.15, -0.1) is 0 Å². The van der Waals surface area contributed by atoms with Crippen LogP contribution in [0.4, 0.5) is 0 Å². The van der Waals surface area contributed by atoms with Crippen molar-refractivity contribution in [3.63, 3.8) is 0 Å². The molecule has 20 heavy (non-hydrogen) atoms. The average molecular weight is 266 g/mol. The van der Waals surface area contributed by atoms with Gasteiger partial charge in [-0.1, -0.05) is 48.0 Å². The smallest absolute Gasteiger partial charge is 0.330 e. The van der Waals surface area contributed by atoms with Crippen LogP contribution in [0, 0.1) is 6.92 Å². The summed E-state index contributed by atoms with van der Waals surface area (Å²) in [6.07, 6.45) is 3.23. The second kappa shape index (κ2) is 6.71. The van der Waals surface area contributed by atoms with E-state index < -0.39 is 0 Å². The Balaban J connectivity index is 2.20. The van der Waals surface area contributed by atoms with Crippen LogP contribution in [0.1, 0.15) is 18.1 Å². The summed E-state index contributed by atoms with van der Waals surface area (Å²) in [6, 6.07) is 16.5. The zero-order chi connectivity index (χ0) is 14.4. The minimum atomic E-state index is -0.312. The highest BCUT2D eigenvalue weighted by Crippen LogP contribution is 2.21. The maximum absolute atomic E-state index is 11.3. The molecule has 0 aromatic heterocycles. The van der Waals surface area contributed by atoms with Gasteiger partial charge in [0.05, 0.1) is 6.61 Å². The molecule has 0 spiro atoms. The van der Waals surface area contributed by atoms with Crippen LogP contribution < -0.4 is 0 Å². The van der Waals surface area contributed by atoms with Gasteiger partial charge in [-0.3, -0.25) is 0 Å². The predicted molar refractivity (Wildman–Crippen MR) is 82.3 cm³/mol. The van der Waals surface area contributed by atoms with E-state index in [1.807, 2.05) is 12.1 Å². The van der Waals surface area contributed by atoms with Crippen molar-refractivity contribution in [1.29, 1.82) is 0 Å². The summed E-state index contributed by atoms with van der Waals surface area (Å²) in [4.78, 5) is 11.3. The normalized spacial score (nSPS) is 10.7. The standard InChI is InChI=1S/C18H18O2/c1-3-20-18(19)12-9-15-5-4-6-17(13-15)16-10-7-14(2)8-11-16/h4-13H,3H2,1-2H3. The first-order valence-corrected chi connectivity index (χ1v) is 6.71. The van der Waals surface area contributed by atoms with Crippen LogP contribution in [0.25, 0.3) is 17.2 Å². The summed E-state index contributed by atoms with van der Waals surface area (Å²) >= 11 is 0. The van der Waals surface area contributed by atoms with E-state index in [0.29, 0.717) is 6.61 Å². The molecule has 0 aliphatic carbocycles. The Morgan fingerprint density at radius 3 is 2.55 bits per heavy atom. The molecule has 2 nitrogen and oxygen atoms in total. The lowest BCUT2D eigenvalue weighted by Gasteiger charge is -2.03. The van der Waals surface area contributed by atoms with Crippen LogP contribution in [0.15, 0.2) is 54.6 Å². The van der Waals surface area contributed by atoms with Crippen LogP contribution in [-0.2, 0) is 9.53 Å². The fourth-order valence-electron chi connectivity index (χ4n) is 1.92. The van der Waals surface area contributed by atoms with Crippen molar-refractivity contribution in [2.75, 3.05) is 6.61 Å². The van der Waals surface area contributed by atoms with E-state index >= 15 is 0 Å². The number of ether oxygens (including phenoxy) is 1. The molecule has 0 amide bonds. The Morgan fingerprint density at radius 1 is 1.10 bits per heavy atom. The number of aryl methyl sites for hydroxylation is 1. The third kappa shape index (κ3) is 3.82. The van der Waals surface area contributed by atoms with Crippen molar-refractivity contribution >= 4 is 12.0 Å². The molecule has 0 heterocycles. The largest absolute Gasteiger partial charge is 0.463 e. The van der Waals surface area contributed by atoms with Gasteiger partial charge in [-0.2, -0.15) is 0 Å². The monoisotopic (exact) mass is 266 g/mol. The minimum Gasteiger partial charge on any atom is -0.463 e. The van der Waals surface area contributed by atoms with E-state index in [2.05, 4.69) is 43.3 Å². The fraction of sp³-hybridized carbons (Fsp3) is 0.167. The minimum absolute atomic E-state index is 0.312. The maximum atomic E-state index is 11.3. The van der Waals surface area contributed by atoms with E-state index in [4.69, 9.17) is 4.74 Å². The molecular weight excluding hydrogens is 248 g/mol. The second-order valence-electron chi connectivity index (χ2n) is 4.58. The van der Waals surface area contributed by atoms with E-state index in [9.17, 15) is 4.79 Å². The van der Waals surface area contributed by atoms with Crippen molar-refractivity contribution in [3.05, 3.63) is 65.7 Å². The van der Waals surface area contributed by atoms with Crippen LogP contribution in [-0.4, -0.2) is 12.6 Å². The molecule has 0 fully saturated rings. The first-order valence-electron chi connectivity index (χ1n) is 6.71. The SMILES string of the molecule is CCOC(=O)C=Cc1cccc(-c2ccc(C)cc2)c1. The lowest BCUT2D eigenvalue weighted by atomic mass is 10.0. The lowest BCUT2D eigenvalue weighted by Crippen LogP contribution is -1.98. The number of rotatable bonds is 4. The summed E-state index contributed by atoms with van der Waals surface area (Å²) in [5.41, 5.74) is 4.53. The molecule has 2 rings (SSSR count). The quantitative estimate of drug-likeness (QED) is 0.611. The number of carbonyl (C=O) groups excluding carboxylic acids is 1. The summed E-state index contributed by atoms with van der Waals surface area (Å²) < 4.78 is 4.87. The third-order valence-electron chi connectivity index (χ3n) is 2.97. The Hall–Kier alpha value is -2.35. The summed E-state index contributed by atoms with van der Waals surface area (Å²) in [5, 5.41) is 0. The Morgan fingerprint density at radius 2 is 1.85 bits per heavy atom. The van der Waals surface area contributed by atoms with E-state index in [-0.39, 0.29) is 5.97 Å². The van der Waals surface area contributed by atoms with Crippen molar-refractivity contribution < 1.29 is 9.53 Å². The number of benzene rings is 2. The highest BCUT2D eigenvalue weighted by molar-refractivity contribution is 5.87. The maximum Gasteiger partial charge on any atom is 0.330 e. The zero-order valence-corrected chi connectivity index (χ0v) is 11.8. The van der Waals surface area contributed by atoms with Crippen LogP contribution in [0.5, 0.6) is 0 Å². The van der Waals surface area contributed by atoms with Gasteiger partial charge in [0.1, 0.15) is 0 Å². The van der Waals surface area contributed by atoms with Crippen molar-refractivity contribution in [2.45, 2.75) is 13.8 Å². The van der Waals surface area contributed by atoms with Gasteiger partial charge < -0.3 is 4.74 Å². The van der Waals surface area contributed by atoms with Gasteiger partial charge in [0.25, 0.3) is 0 Å². The van der Waals surface area contributed by atoms with Gasteiger partial charge in [0, 0.05) is 6.08 Å². The van der Waals surface area contributed by atoms with Gasteiger partial charge in [0.2, 0.25) is 0 Å². The fourth-order valence-corrected chi connectivity index (χ4v) is 1.92. The summed E-state index contributed by atoms with van der Waals surface area (Å²) in [6.45, 7) is 4.26. The van der Waals surface area contributed by atoms with Gasteiger partial charge in [-0.05, 0) is 42.7 Å². The summed E-state index contributed by atoms with van der Waals surface area (Å²) in [7, 11) is 0. The molecule has 2 aromatic rings. The Bertz CT molecular complexity index is 610. The van der Waals surface area contributed by atoms with Gasteiger partial charge in [-0.25, -0.2) is 4.79 Å². The molecule has 0 aliphatic rings. The number of hydrogen-bond donors (Lipinski definition) is 0. The first-order chi connectivity index (χ1) is 9.69. The van der Waals surface area contributed by atoms with Crippen molar-refractivity contribution in [1.82, 2.24) is 0 Å². The molecule has 0 N–H and O–H groups in total. The average Bonchev–Trinajstić information content (AvgIpc) is 2.47. The van der Waals surface area contributed by atoms with Crippen molar-refractivity contribution in [2.24, 2.45) is 0 Å². The first kappa shape index (κ1) is 14.1. The highest BCUT2D eigenvalue weighted by Gasteiger charge is 1.99. The predicted octanol–water partition coefficient (Wildman–Crippen LogP) is 4.24.